The van der Waals surface area contributed by atoms with Crippen molar-refractivity contribution < 1.29 is 9.63 Å². The summed E-state index contributed by atoms with van der Waals surface area (Å²) in [6, 6.07) is 14.7. The molecule has 12 heteroatoms. The summed E-state index contributed by atoms with van der Waals surface area (Å²) in [7, 11) is 0. The third-order valence-electron chi connectivity index (χ3n) is 8.65. The second kappa shape index (κ2) is 10.7. The van der Waals surface area contributed by atoms with Crippen molar-refractivity contribution in [2.24, 2.45) is 0 Å². The van der Waals surface area contributed by atoms with E-state index in [0.29, 0.717) is 46.4 Å². The molecule has 3 saturated heterocycles. The first kappa shape index (κ1) is 26.4. The first-order valence-electron chi connectivity index (χ1n) is 14.4. The van der Waals surface area contributed by atoms with E-state index < -0.39 is 0 Å². The van der Waals surface area contributed by atoms with Gasteiger partial charge in [-0.2, -0.15) is 4.98 Å². The standard InChI is InChI=1S/C30H33N9O3/c1-2-39-26-20(27(41)36-39)8-9-24(34-26)33-25-16-22(32-23(18-40)19-6-4-3-5-7-19)21(17-31-25)28-35-29(37-42-28)30-10-13-38(14-11-30)15-12-30/h3-9,16-17,23,40H,2,10-15,18H2,1H3,(H,36,41)(H2,31,32,33,34)/t23-/m1/s1. The van der Waals surface area contributed by atoms with Gasteiger partial charge in [0.05, 0.1) is 29.3 Å². The van der Waals surface area contributed by atoms with E-state index in [4.69, 9.17) is 9.51 Å². The van der Waals surface area contributed by atoms with E-state index in [0.717, 1.165) is 50.3 Å². The van der Waals surface area contributed by atoms with E-state index in [1.165, 1.54) is 0 Å². The van der Waals surface area contributed by atoms with Crippen LogP contribution in [0.3, 0.4) is 0 Å². The van der Waals surface area contributed by atoms with Crippen LogP contribution in [0.4, 0.5) is 17.3 Å². The van der Waals surface area contributed by atoms with Gasteiger partial charge in [-0.1, -0.05) is 35.5 Å². The second-order valence-corrected chi connectivity index (χ2v) is 11.1. The molecule has 4 N–H and O–H groups in total. The molecule has 1 atom stereocenters. The Morgan fingerprint density at radius 1 is 1.07 bits per heavy atom. The molecule has 7 heterocycles. The molecule has 0 unspecified atom stereocenters. The number of aliphatic hydroxyl groups excluding tert-OH is 1. The minimum absolute atomic E-state index is 0.0431. The number of rotatable bonds is 9. The van der Waals surface area contributed by atoms with Crippen LogP contribution in [-0.4, -0.2) is 66.1 Å². The Labute approximate surface area is 241 Å². The molecular formula is C30H33N9O3. The fraction of sp³-hybridized carbons (Fsp3) is 0.367. The highest BCUT2D eigenvalue weighted by Gasteiger charge is 2.44. The monoisotopic (exact) mass is 567 g/mol. The van der Waals surface area contributed by atoms with Gasteiger partial charge in [-0.3, -0.25) is 14.6 Å². The quantitative estimate of drug-likeness (QED) is 0.207. The summed E-state index contributed by atoms with van der Waals surface area (Å²) in [5.74, 6) is 2.21. The summed E-state index contributed by atoms with van der Waals surface area (Å²) in [6.07, 6.45) is 4.79. The zero-order chi connectivity index (χ0) is 28.7. The molecule has 4 aromatic heterocycles. The van der Waals surface area contributed by atoms with Crippen molar-refractivity contribution in [2.45, 2.75) is 44.2 Å². The van der Waals surface area contributed by atoms with Gasteiger partial charge in [-0.25, -0.2) is 9.97 Å². The van der Waals surface area contributed by atoms with Crippen LogP contribution < -0.4 is 16.2 Å². The van der Waals surface area contributed by atoms with E-state index in [1.807, 2.05) is 43.3 Å². The molecule has 3 aliphatic heterocycles. The molecule has 0 spiro atoms. The Morgan fingerprint density at radius 3 is 2.60 bits per heavy atom. The summed E-state index contributed by atoms with van der Waals surface area (Å²) in [5.41, 5.74) is 2.61. The number of hydrogen-bond donors (Lipinski definition) is 4. The highest BCUT2D eigenvalue weighted by Crippen LogP contribution is 2.42. The van der Waals surface area contributed by atoms with Crippen molar-refractivity contribution >= 4 is 28.4 Å². The van der Waals surface area contributed by atoms with Crippen LogP contribution in [0.2, 0.25) is 0 Å². The van der Waals surface area contributed by atoms with Crippen LogP contribution in [0.25, 0.3) is 22.5 Å². The fourth-order valence-corrected chi connectivity index (χ4v) is 6.13. The maximum absolute atomic E-state index is 12.2. The molecule has 0 aliphatic carbocycles. The highest BCUT2D eigenvalue weighted by molar-refractivity contribution is 5.79. The number of pyridine rings is 2. The smallest absolute Gasteiger partial charge is 0.273 e. The predicted molar refractivity (Wildman–Crippen MR) is 159 cm³/mol. The summed E-state index contributed by atoms with van der Waals surface area (Å²) >= 11 is 0. The highest BCUT2D eigenvalue weighted by atomic mass is 16.5. The van der Waals surface area contributed by atoms with Crippen molar-refractivity contribution in [2.75, 3.05) is 36.9 Å². The largest absolute Gasteiger partial charge is 0.394 e. The van der Waals surface area contributed by atoms with Gasteiger partial charge in [0.2, 0.25) is 0 Å². The van der Waals surface area contributed by atoms with E-state index in [9.17, 15) is 9.90 Å². The number of aromatic amines is 1. The number of hydrogen-bond acceptors (Lipinski definition) is 10. The van der Waals surface area contributed by atoms with Gasteiger partial charge < -0.3 is 25.2 Å². The van der Waals surface area contributed by atoms with Gasteiger partial charge >= 0.3 is 0 Å². The predicted octanol–water partition coefficient (Wildman–Crippen LogP) is 3.82. The molecule has 0 amide bonds. The molecule has 2 bridgehead atoms. The van der Waals surface area contributed by atoms with E-state index in [1.54, 1.807) is 23.0 Å². The molecule has 0 saturated carbocycles. The zero-order valence-electron chi connectivity index (χ0n) is 23.4. The number of aryl methyl sites for hydroxylation is 1. The van der Waals surface area contributed by atoms with Crippen molar-refractivity contribution in [3.63, 3.8) is 0 Å². The summed E-state index contributed by atoms with van der Waals surface area (Å²) in [4.78, 5) is 28.9. The molecule has 8 rings (SSSR count). The van der Waals surface area contributed by atoms with E-state index in [2.05, 4.69) is 35.8 Å². The third-order valence-corrected chi connectivity index (χ3v) is 8.65. The van der Waals surface area contributed by atoms with Crippen molar-refractivity contribution in [3.05, 3.63) is 76.5 Å². The Balaban J connectivity index is 1.24. The van der Waals surface area contributed by atoms with Gasteiger partial charge in [0.15, 0.2) is 11.5 Å². The zero-order valence-corrected chi connectivity index (χ0v) is 23.4. The van der Waals surface area contributed by atoms with Gasteiger partial charge in [-0.15, -0.1) is 0 Å². The van der Waals surface area contributed by atoms with E-state index >= 15 is 0 Å². The van der Waals surface area contributed by atoms with Crippen molar-refractivity contribution in [3.8, 4) is 11.5 Å². The first-order valence-corrected chi connectivity index (χ1v) is 14.4. The number of anilines is 3. The number of nitrogens with one attached hydrogen (secondary N) is 3. The molecule has 42 heavy (non-hydrogen) atoms. The summed E-state index contributed by atoms with van der Waals surface area (Å²) < 4.78 is 7.57. The van der Waals surface area contributed by atoms with Gasteiger partial charge in [0.1, 0.15) is 11.6 Å². The molecule has 0 radical (unpaired) electrons. The number of aliphatic hydroxyl groups is 1. The lowest BCUT2D eigenvalue weighted by Crippen LogP contribution is -2.51. The first-order chi connectivity index (χ1) is 20.5. The number of piperidine rings is 3. The SMILES string of the molecule is CCn1[nH]c(=O)c2ccc(Nc3cc(N[C@H](CO)c4ccccc4)c(-c4nc(C56CCN(CC5)CC6)no4)cn3)nc21. The lowest BCUT2D eigenvalue weighted by Gasteiger charge is -2.46. The van der Waals surface area contributed by atoms with Crippen LogP contribution in [0.15, 0.2) is 64.0 Å². The lowest BCUT2D eigenvalue weighted by molar-refractivity contribution is 0.0747. The molecule has 1 aromatic carbocycles. The van der Waals surface area contributed by atoms with Crippen LogP contribution >= 0.6 is 0 Å². The van der Waals surface area contributed by atoms with Crippen LogP contribution in [0, 0.1) is 0 Å². The molecule has 216 valence electrons. The Hall–Kier alpha value is -4.55. The fourth-order valence-electron chi connectivity index (χ4n) is 6.13. The number of H-pyrrole nitrogens is 1. The third kappa shape index (κ3) is 4.72. The minimum atomic E-state index is -0.378. The van der Waals surface area contributed by atoms with Crippen LogP contribution in [0.1, 0.15) is 43.6 Å². The topological polar surface area (TPSA) is 150 Å². The lowest BCUT2D eigenvalue weighted by atomic mass is 9.71. The summed E-state index contributed by atoms with van der Waals surface area (Å²) in [5, 5.41) is 24.8. The van der Waals surface area contributed by atoms with Crippen LogP contribution in [-0.2, 0) is 12.0 Å². The second-order valence-electron chi connectivity index (χ2n) is 11.1. The van der Waals surface area contributed by atoms with Crippen LogP contribution in [0.5, 0.6) is 0 Å². The molecule has 12 nitrogen and oxygen atoms in total. The van der Waals surface area contributed by atoms with Gasteiger partial charge in [0.25, 0.3) is 11.4 Å². The van der Waals surface area contributed by atoms with Gasteiger partial charge in [-0.05, 0) is 63.5 Å². The number of benzene rings is 1. The molecular weight excluding hydrogens is 534 g/mol. The van der Waals surface area contributed by atoms with E-state index in [-0.39, 0.29) is 23.6 Å². The number of nitrogens with zero attached hydrogens (tertiary/aromatic N) is 6. The Kier molecular flexibility index (Phi) is 6.71. The van der Waals surface area contributed by atoms with Gasteiger partial charge in [0, 0.05) is 24.2 Å². The molecule has 5 aromatic rings. The maximum atomic E-state index is 12.2. The number of fused-ring (bicyclic) bond motifs is 4. The van der Waals surface area contributed by atoms with Crippen molar-refractivity contribution in [1.82, 2.24) is 34.8 Å². The normalized spacial score (nSPS) is 20.6. The van der Waals surface area contributed by atoms with Crippen molar-refractivity contribution in [1.29, 1.82) is 0 Å². The Morgan fingerprint density at radius 2 is 1.86 bits per heavy atom. The minimum Gasteiger partial charge on any atom is -0.394 e. The Bertz CT molecular complexity index is 1760. The molecule has 3 fully saturated rings. The average Bonchev–Trinajstić information content (AvgIpc) is 3.66. The molecule has 3 aliphatic rings. The maximum Gasteiger partial charge on any atom is 0.273 e. The number of aromatic nitrogens is 6. The average molecular weight is 568 g/mol. The summed E-state index contributed by atoms with van der Waals surface area (Å²) in [6.45, 7) is 5.59.